The molecule has 0 aliphatic rings. The van der Waals surface area contributed by atoms with Gasteiger partial charge < -0.3 is 15.2 Å². The first-order valence-electron chi connectivity index (χ1n) is 10.8. The summed E-state index contributed by atoms with van der Waals surface area (Å²) in [5, 5.41) is 12.2. The van der Waals surface area contributed by atoms with Gasteiger partial charge in [0.2, 0.25) is 5.91 Å². The van der Waals surface area contributed by atoms with Gasteiger partial charge in [0.05, 0.1) is 17.7 Å². The number of aromatic carboxylic acids is 1. The van der Waals surface area contributed by atoms with Crippen LogP contribution < -0.4 is 10.1 Å². The Labute approximate surface area is 204 Å². The van der Waals surface area contributed by atoms with Crippen molar-refractivity contribution in [2.75, 3.05) is 5.32 Å². The van der Waals surface area contributed by atoms with E-state index in [0.29, 0.717) is 27.8 Å². The van der Waals surface area contributed by atoms with Gasteiger partial charge >= 0.3 is 5.97 Å². The fourth-order valence-electron chi connectivity index (χ4n) is 3.30. The predicted octanol–water partition coefficient (Wildman–Crippen LogP) is 4.71. The van der Waals surface area contributed by atoms with Crippen molar-refractivity contribution in [2.24, 2.45) is 0 Å². The number of ether oxygens (including phenoxy) is 1. The van der Waals surface area contributed by atoms with E-state index in [4.69, 9.17) is 4.74 Å². The van der Waals surface area contributed by atoms with E-state index < -0.39 is 16.8 Å². The number of amides is 1. The quantitative estimate of drug-likeness (QED) is 0.355. The highest BCUT2D eigenvalue weighted by atomic mass is 32.2. The lowest BCUT2D eigenvalue weighted by Gasteiger charge is -2.09. The number of hydrogen-bond donors (Lipinski definition) is 2. The van der Waals surface area contributed by atoms with Crippen LogP contribution in [0.1, 0.15) is 21.5 Å². The van der Waals surface area contributed by atoms with Crippen LogP contribution in [-0.2, 0) is 28.6 Å². The molecule has 4 aromatic rings. The third kappa shape index (κ3) is 6.39. The van der Waals surface area contributed by atoms with Gasteiger partial charge in [-0.1, -0.05) is 48.5 Å². The summed E-state index contributed by atoms with van der Waals surface area (Å²) < 4.78 is 18.6. The molecule has 0 aliphatic carbocycles. The largest absolute Gasteiger partial charge is 0.489 e. The number of carbonyl (C=O) groups is 2. The number of carboxylic acids is 1. The summed E-state index contributed by atoms with van der Waals surface area (Å²) in [7, 11) is -1.49. The second-order valence-corrected chi connectivity index (χ2v) is 9.02. The van der Waals surface area contributed by atoms with Gasteiger partial charge in [0.25, 0.3) is 0 Å². The maximum Gasteiger partial charge on any atom is 0.337 e. The molecule has 1 unspecified atom stereocenters. The van der Waals surface area contributed by atoms with Gasteiger partial charge in [0.1, 0.15) is 28.2 Å². The molecule has 1 heterocycles. The second kappa shape index (κ2) is 11.2. The van der Waals surface area contributed by atoms with Gasteiger partial charge in [-0.3, -0.25) is 4.79 Å². The monoisotopic (exact) mass is 486 g/mol. The van der Waals surface area contributed by atoms with Crippen LogP contribution in [0.15, 0.2) is 107 Å². The van der Waals surface area contributed by atoms with Crippen molar-refractivity contribution in [3.8, 4) is 5.75 Å². The molecule has 1 atom stereocenters. The fraction of sp³-hybridized carbons (Fsp3) is 0.0741. The summed E-state index contributed by atoms with van der Waals surface area (Å²) in [6, 6.07) is 26.3. The molecule has 176 valence electrons. The predicted molar refractivity (Wildman–Crippen MR) is 132 cm³/mol. The summed E-state index contributed by atoms with van der Waals surface area (Å²) in [6.45, 7) is 0.446. The highest BCUT2D eigenvalue weighted by Crippen LogP contribution is 2.20. The summed E-state index contributed by atoms with van der Waals surface area (Å²) in [5.74, 6) is -0.820. The van der Waals surface area contributed by atoms with E-state index in [1.165, 1.54) is 18.3 Å². The number of anilines is 1. The normalized spacial score (nSPS) is 11.4. The maximum atomic E-state index is 12.9. The molecular formula is C27H22N2O5S. The first-order valence-corrected chi connectivity index (χ1v) is 11.9. The number of aromatic nitrogens is 1. The van der Waals surface area contributed by atoms with E-state index >= 15 is 0 Å². The number of nitrogens with zero attached hydrogens (tertiary/aromatic N) is 1. The van der Waals surface area contributed by atoms with Crippen LogP contribution in [0.3, 0.4) is 0 Å². The molecule has 1 aromatic heterocycles. The van der Waals surface area contributed by atoms with E-state index in [0.717, 1.165) is 5.56 Å². The zero-order valence-corrected chi connectivity index (χ0v) is 19.4. The molecule has 0 fully saturated rings. The highest BCUT2D eigenvalue weighted by molar-refractivity contribution is 7.85. The summed E-state index contributed by atoms with van der Waals surface area (Å²) in [6.07, 6.45) is 1.49. The van der Waals surface area contributed by atoms with E-state index in [2.05, 4.69) is 10.3 Å². The Kier molecular flexibility index (Phi) is 7.64. The number of carboxylic acid groups (broad SMARTS) is 1. The molecule has 35 heavy (non-hydrogen) atoms. The van der Waals surface area contributed by atoms with Crippen molar-refractivity contribution in [3.05, 3.63) is 114 Å². The first kappa shape index (κ1) is 23.8. The van der Waals surface area contributed by atoms with Crippen molar-refractivity contribution in [2.45, 2.75) is 22.9 Å². The van der Waals surface area contributed by atoms with Crippen LogP contribution in [-0.4, -0.2) is 26.2 Å². The van der Waals surface area contributed by atoms with Gasteiger partial charge in [0, 0.05) is 11.1 Å². The van der Waals surface area contributed by atoms with Gasteiger partial charge in [-0.05, 0) is 53.6 Å². The Balaban J connectivity index is 1.34. The van der Waals surface area contributed by atoms with E-state index in [9.17, 15) is 18.9 Å². The van der Waals surface area contributed by atoms with Crippen LogP contribution >= 0.6 is 0 Å². The molecule has 0 aliphatic heterocycles. The topological polar surface area (TPSA) is 106 Å². The van der Waals surface area contributed by atoms with Crippen molar-refractivity contribution in [1.29, 1.82) is 0 Å². The maximum absolute atomic E-state index is 12.9. The summed E-state index contributed by atoms with van der Waals surface area (Å²) in [4.78, 5) is 28.5. The number of rotatable bonds is 9. The van der Waals surface area contributed by atoms with Gasteiger partial charge in [-0.2, -0.15) is 0 Å². The number of pyridine rings is 1. The Bertz CT molecular complexity index is 1340. The minimum absolute atomic E-state index is 0.00131. The van der Waals surface area contributed by atoms with E-state index in [-0.39, 0.29) is 23.6 Å². The Morgan fingerprint density at radius 2 is 1.57 bits per heavy atom. The Hall–Kier alpha value is -4.30. The number of nitrogens with one attached hydrogen (secondary N) is 1. The van der Waals surface area contributed by atoms with Crippen LogP contribution in [0.2, 0.25) is 0 Å². The first-order chi connectivity index (χ1) is 17.0. The number of hydrogen-bond acceptors (Lipinski definition) is 5. The minimum atomic E-state index is -1.49. The molecule has 2 N–H and O–H groups in total. The number of carbonyl (C=O) groups excluding carboxylic acids is 1. The van der Waals surface area contributed by atoms with Crippen molar-refractivity contribution >= 4 is 28.4 Å². The average Bonchev–Trinajstić information content (AvgIpc) is 2.88. The van der Waals surface area contributed by atoms with Gasteiger partial charge in [-0.25, -0.2) is 14.0 Å². The Morgan fingerprint density at radius 1 is 0.857 bits per heavy atom. The molecule has 0 saturated heterocycles. The SMILES string of the molecule is O=C(Cc1ccc(S(=O)c2ccc(OCc3ccccc3)cc2)nc1)Nc1ccccc1C(=O)O. The number of benzene rings is 3. The zero-order valence-electron chi connectivity index (χ0n) is 18.6. The molecule has 7 nitrogen and oxygen atoms in total. The van der Waals surface area contributed by atoms with Crippen molar-refractivity contribution in [3.63, 3.8) is 0 Å². The molecule has 0 spiro atoms. The molecule has 0 saturated carbocycles. The van der Waals surface area contributed by atoms with Gasteiger partial charge in [0.15, 0.2) is 0 Å². The Morgan fingerprint density at radius 3 is 2.26 bits per heavy atom. The minimum Gasteiger partial charge on any atom is -0.489 e. The van der Waals surface area contributed by atoms with Crippen LogP contribution in [0.5, 0.6) is 5.75 Å². The smallest absolute Gasteiger partial charge is 0.337 e. The molecule has 0 bridgehead atoms. The number of para-hydroxylation sites is 1. The third-order valence-electron chi connectivity index (χ3n) is 5.07. The summed E-state index contributed by atoms with van der Waals surface area (Å²) >= 11 is 0. The van der Waals surface area contributed by atoms with Gasteiger partial charge in [-0.15, -0.1) is 0 Å². The molecule has 8 heteroatoms. The standard InChI is InChI=1S/C27H22N2O5S/c30-25(29-24-9-5-4-8-23(24)27(31)32)16-20-10-15-26(28-17-20)35(33)22-13-11-21(12-14-22)34-18-19-6-2-1-3-7-19/h1-15,17H,16,18H2,(H,29,30)(H,31,32). The fourth-order valence-corrected chi connectivity index (χ4v) is 4.27. The average molecular weight is 487 g/mol. The van der Waals surface area contributed by atoms with Crippen LogP contribution in [0.4, 0.5) is 5.69 Å². The van der Waals surface area contributed by atoms with E-state index in [1.54, 1.807) is 48.5 Å². The molecule has 3 aromatic carbocycles. The molecule has 0 radical (unpaired) electrons. The molecule has 1 amide bonds. The zero-order chi connectivity index (χ0) is 24.6. The third-order valence-corrected chi connectivity index (χ3v) is 6.39. The summed E-state index contributed by atoms with van der Waals surface area (Å²) in [5.41, 5.74) is 1.91. The second-order valence-electron chi connectivity index (χ2n) is 7.59. The molecule has 4 rings (SSSR count). The van der Waals surface area contributed by atoms with Crippen LogP contribution in [0, 0.1) is 0 Å². The van der Waals surface area contributed by atoms with Crippen molar-refractivity contribution < 1.29 is 23.6 Å². The highest BCUT2D eigenvalue weighted by Gasteiger charge is 2.13. The molecular weight excluding hydrogens is 464 g/mol. The van der Waals surface area contributed by atoms with Crippen LogP contribution in [0.25, 0.3) is 0 Å². The van der Waals surface area contributed by atoms with E-state index in [1.807, 2.05) is 30.3 Å². The lowest BCUT2D eigenvalue weighted by atomic mass is 10.1. The van der Waals surface area contributed by atoms with Crippen molar-refractivity contribution in [1.82, 2.24) is 4.98 Å². The lowest BCUT2D eigenvalue weighted by molar-refractivity contribution is -0.115. The lowest BCUT2D eigenvalue weighted by Crippen LogP contribution is -2.17.